The van der Waals surface area contributed by atoms with E-state index in [1.165, 1.54) is 0 Å². The van der Waals surface area contributed by atoms with Crippen molar-refractivity contribution < 1.29 is 9.90 Å². The summed E-state index contributed by atoms with van der Waals surface area (Å²) in [6.45, 7) is 1.31. The molecule has 0 saturated heterocycles. The van der Waals surface area contributed by atoms with Crippen LogP contribution in [0.2, 0.25) is 5.02 Å². The average Bonchev–Trinajstić information content (AvgIpc) is 2.30. The number of carbonyl (C=O) groups excluding carboxylic acids is 1. The summed E-state index contributed by atoms with van der Waals surface area (Å²) < 4.78 is 0. The zero-order valence-corrected chi connectivity index (χ0v) is 10.6. The third-order valence-corrected chi connectivity index (χ3v) is 2.58. The standard InChI is InChI=1S/C12H17ClN2O2/c1-15(8-9-16)7-6-12(17)14-11-4-2-10(13)3-5-11/h2-5,16H,6-9H2,1H3,(H,14,17). The van der Waals surface area contributed by atoms with Crippen molar-refractivity contribution >= 4 is 23.2 Å². The van der Waals surface area contributed by atoms with Crippen LogP contribution in [0.3, 0.4) is 0 Å². The number of nitrogens with zero attached hydrogens (tertiary/aromatic N) is 1. The Bertz CT molecular complexity index is 354. The minimum Gasteiger partial charge on any atom is -0.395 e. The van der Waals surface area contributed by atoms with Crippen LogP contribution in [0, 0.1) is 0 Å². The van der Waals surface area contributed by atoms with E-state index in [1.807, 2.05) is 11.9 Å². The topological polar surface area (TPSA) is 52.6 Å². The number of amides is 1. The summed E-state index contributed by atoms with van der Waals surface area (Å²) in [4.78, 5) is 13.5. The maximum Gasteiger partial charge on any atom is 0.225 e. The van der Waals surface area contributed by atoms with E-state index in [1.54, 1.807) is 24.3 Å². The van der Waals surface area contributed by atoms with E-state index in [0.717, 1.165) is 5.69 Å². The summed E-state index contributed by atoms with van der Waals surface area (Å²) in [7, 11) is 1.87. The van der Waals surface area contributed by atoms with Crippen LogP contribution in [0.25, 0.3) is 0 Å². The highest BCUT2D eigenvalue weighted by molar-refractivity contribution is 6.30. The normalized spacial score (nSPS) is 10.6. The van der Waals surface area contributed by atoms with Gasteiger partial charge in [0.1, 0.15) is 0 Å². The number of anilines is 1. The number of aliphatic hydroxyl groups is 1. The first-order valence-corrected chi connectivity index (χ1v) is 5.84. The summed E-state index contributed by atoms with van der Waals surface area (Å²) in [6.07, 6.45) is 0.402. The largest absolute Gasteiger partial charge is 0.395 e. The van der Waals surface area contributed by atoms with Gasteiger partial charge in [-0.1, -0.05) is 11.6 Å². The van der Waals surface area contributed by atoms with Crippen LogP contribution < -0.4 is 5.32 Å². The van der Waals surface area contributed by atoms with E-state index in [9.17, 15) is 4.79 Å². The van der Waals surface area contributed by atoms with Crippen LogP contribution in [-0.4, -0.2) is 42.7 Å². The lowest BCUT2D eigenvalue weighted by Crippen LogP contribution is -2.26. The van der Waals surface area contributed by atoms with Gasteiger partial charge < -0.3 is 15.3 Å². The summed E-state index contributed by atoms with van der Waals surface area (Å²) in [6, 6.07) is 6.99. The molecule has 0 aliphatic rings. The molecule has 0 aliphatic heterocycles. The second-order valence-corrected chi connectivity index (χ2v) is 4.27. The maximum atomic E-state index is 11.6. The Morgan fingerprint density at radius 3 is 2.59 bits per heavy atom. The van der Waals surface area contributed by atoms with Gasteiger partial charge >= 0.3 is 0 Å². The summed E-state index contributed by atoms with van der Waals surface area (Å²) >= 11 is 5.74. The van der Waals surface area contributed by atoms with E-state index in [2.05, 4.69) is 5.32 Å². The highest BCUT2D eigenvalue weighted by Gasteiger charge is 2.04. The minimum absolute atomic E-state index is 0.0443. The van der Waals surface area contributed by atoms with Crippen molar-refractivity contribution in [2.75, 3.05) is 32.1 Å². The molecule has 0 heterocycles. The van der Waals surface area contributed by atoms with Gasteiger partial charge in [-0.05, 0) is 31.3 Å². The second-order valence-electron chi connectivity index (χ2n) is 3.83. The lowest BCUT2D eigenvalue weighted by Gasteiger charge is -2.14. The maximum absolute atomic E-state index is 11.6. The van der Waals surface area contributed by atoms with Gasteiger partial charge in [0.05, 0.1) is 6.61 Å². The molecule has 1 amide bonds. The number of nitrogens with one attached hydrogen (secondary N) is 1. The Hall–Kier alpha value is -1.10. The van der Waals surface area contributed by atoms with E-state index in [-0.39, 0.29) is 12.5 Å². The molecule has 1 rings (SSSR count). The first-order valence-electron chi connectivity index (χ1n) is 5.46. The van der Waals surface area contributed by atoms with Gasteiger partial charge in [-0.25, -0.2) is 0 Å². The van der Waals surface area contributed by atoms with E-state index in [0.29, 0.717) is 24.5 Å². The van der Waals surface area contributed by atoms with Crippen molar-refractivity contribution in [1.82, 2.24) is 4.90 Å². The van der Waals surface area contributed by atoms with Gasteiger partial charge in [-0.15, -0.1) is 0 Å². The monoisotopic (exact) mass is 256 g/mol. The number of hydrogen-bond donors (Lipinski definition) is 2. The number of rotatable bonds is 6. The molecule has 0 radical (unpaired) electrons. The first-order chi connectivity index (χ1) is 8.11. The second kappa shape index (κ2) is 7.27. The van der Waals surface area contributed by atoms with E-state index < -0.39 is 0 Å². The van der Waals surface area contributed by atoms with E-state index >= 15 is 0 Å². The molecular formula is C12H17ClN2O2. The Morgan fingerprint density at radius 1 is 1.35 bits per heavy atom. The predicted molar refractivity (Wildman–Crippen MR) is 69.3 cm³/mol. The number of likely N-dealkylation sites (N-methyl/N-ethyl adjacent to an activating group) is 1. The van der Waals surface area contributed by atoms with Gasteiger partial charge in [0.25, 0.3) is 0 Å². The Kier molecular flexibility index (Phi) is 5.97. The van der Waals surface area contributed by atoms with Crippen LogP contribution >= 0.6 is 11.6 Å². The third-order valence-electron chi connectivity index (χ3n) is 2.33. The fraction of sp³-hybridized carbons (Fsp3) is 0.417. The number of carbonyl (C=O) groups is 1. The molecule has 4 nitrogen and oxygen atoms in total. The molecule has 0 atom stereocenters. The predicted octanol–water partition coefficient (Wildman–Crippen LogP) is 1.59. The molecule has 94 valence electrons. The van der Waals surface area contributed by atoms with E-state index in [4.69, 9.17) is 16.7 Å². The zero-order chi connectivity index (χ0) is 12.7. The van der Waals surface area contributed by atoms with Crippen molar-refractivity contribution in [1.29, 1.82) is 0 Å². The van der Waals surface area contributed by atoms with Crippen molar-refractivity contribution in [3.63, 3.8) is 0 Å². The van der Waals surface area contributed by atoms with Gasteiger partial charge in [0, 0.05) is 30.2 Å². The summed E-state index contributed by atoms with van der Waals surface area (Å²) in [5.41, 5.74) is 0.740. The molecule has 0 aliphatic carbocycles. The summed E-state index contributed by atoms with van der Waals surface area (Å²) in [5, 5.41) is 12.1. The van der Waals surface area contributed by atoms with Crippen molar-refractivity contribution in [3.05, 3.63) is 29.3 Å². The molecule has 1 aromatic carbocycles. The number of benzene rings is 1. The highest BCUT2D eigenvalue weighted by Crippen LogP contribution is 2.13. The fourth-order valence-corrected chi connectivity index (χ4v) is 1.46. The highest BCUT2D eigenvalue weighted by atomic mass is 35.5. The quantitative estimate of drug-likeness (QED) is 0.813. The van der Waals surface area contributed by atoms with Gasteiger partial charge in [0.15, 0.2) is 0 Å². The smallest absolute Gasteiger partial charge is 0.225 e. The molecule has 0 bridgehead atoms. The zero-order valence-electron chi connectivity index (χ0n) is 9.82. The third kappa shape index (κ3) is 5.68. The SMILES string of the molecule is CN(CCO)CCC(=O)Nc1ccc(Cl)cc1. The fourth-order valence-electron chi connectivity index (χ4n) is 1.33. The lowest BCUT2D eigenvalue weighted by molar-refractivity contribution is -0.116. The van der Waals surface area contributed by atoms with Crippen LogP contribution in [0.4, 0.5) is 5.69 Å². The van der Waals surface area contributed by atoms with Gasteiger partial charge in [-0.2, -0.15) is 0 Å². The Labute approximate surface area is 106 Å². The molecular weight excluding hydrogens is 240 g/mol. The molecule has 0 saturated carbocycles. The molecule has 2 N–H and O–H groups in total. The van der Waals surface area contributed by atoms with Gasteiger partial charge in [-0.3, -0.25) is 4.79 Å². The van der Waals surface area contributed by atoms with Crippen molar-refractivity contribution in [2.24, 2.45) is 0 Å². The van der Waals surface area contributed by atoms with Crippen molar-refractivity contribution in [2.45, 2.75) is 6.42 Å². The van der Waals surface area contributed by atoms with Crippen LogP contribution in [0.15, 0.2) is 24.3 Å². The molecule has 5 heteroatoms. The molecule has 0 fully saturated rings. The molecule has 1 aromatic rings. The van der Waals surface area contributed by atoms with Crippen LogP contribution in [0.1, 0.15) is 6.42 Å². The van der Waals surface area contributed by atoms with Gasteiger partial charge in [0.2, 0.25) is 5.91 Å². The first kappa shape index (κ1) is 14.0. The number of aliphatic hydroxyl groups excluding tert-OH is 1. The number of halogens is 1. The van der Waals surface area contributed by atoms with Crippen molar-refractivity contribution in [3.8, 4) is 0 Å². The summed E-state index contributed by atoms with van der Waals surface area (Å²) in [5.74, 6) is -0.0443. The van der Waals surface area contributed by atoms with Crippen LogP contribution in [-0.2, 0) is 4.79 Å². The molecule has 0 unspecified atom stereocenters. The minimum atomic E-state index is -0.0443. The average molecular weight is 257 g/mol. The van der Waals surface area contributed by atoms with Crippen LogP contribution in [0.5, 0.6) is 0 Å². The Morgan fingerprint density at radius 2 is 2.00 bits per heavy atom. The molecule has 17 heavy (non-hydrogen) atoms. The molecule has 0 aromatic heterocycles. The number of hydrogen-bond acceptors (Lipinski definition) is 3. The Balaban J connectivity index is 2.32. The molecule has 0 spiro atoms. The lowest BCUT2D eigenvalue weighted by atomic mass is 10.3.